The predicted molar refractivity (Wildman–Crippen MR) is 82.6 cm³/mol. The molecule has 9 heteroatoms. The van der Waals surface area contributed by atoms with Crippen LogP contribution in [0.5, 0.6) is 0 Å². The van der Waals surface area contributed by atoms with Gasteiger partial charge in [0, 0.05) is 6.04 Å². The van der Waals surface area contributed by atoms with Gasteiger partial charge in [0.2, 0.25) is 10.0 Å². The van der Waals surface area contributed by atoms with Crippen molar-refractivity contribution in [3.63, 3.8) is 0 Å². The van der Waals surface area contributed by atoms with Crippen molar-refractivity contribution in [2.45, 2.75) is 24.3 Å². The van der Waals surface area contributed by atoms with Crippen molar-refractivity contribution in [1.29, 1.82) is 0 Å². The lowest BCUT2D eigenvalue weighted by Gasteiger charge is -2.14. The highest BCUT2D eigenvalue weighted by Crippen LogP contribution is 2.20. The first-order valence-corrected chi connectivity index (χ1v) is 10.1. The first kappa shape index (κ1) is 17.6. The second-order valence-electron chi connectivity index (χ2n) is 5.40. The maximum Gasteiger partial charge on any atom is 0.241 e. The number of carbonyl (C=O) groups excluding carboxylic acids is 1. The van der Waals surface area contributed by atoms with Gasteiger partial charge in [-0.2, -0.15) is 0 Å². The van der Waals surface area contributed by atoms with Crippen molar-refractivity contribution in [2.75, 3.05) is 11.5 Å². The van der Waals surface area contributed by atoms with Gasteiger partial charge in [-0.1, -0.05) is 18.2 Å². The van der Waals surface area contributed by atoms with Crippen molar-refractivity contribution in [1.82, 2.24) is 4.72 Å². The minimum atomic E-state index is -3.90. The molecule has 126 valence electrons. The number of hydrogen-bond donors (Lipinski definition) is 1. The van der Waals surface area contributed by atoms with Gasteiger partial charge in [0.05, 0.1) is 22.4 Å². The molecule has 0 aliphatic carbocycles. The van der Waals surface area contributed by atoms with Crippen LogP contribution in [0.1, 0.15) is 17.5 Å². The van der Waals surface area contributed by atoms with E-state index >= 15 is 0 Å². The third-order valence-electron chi connectivity index (χ3n) is 3.47. The molecule has 1 aliphatic rings. The maximum absolute atomic E-state index is 12.5. The van der Waals surface area contributed by atoms with Crippen molar-refractivity contribution in [2.24, 2.45) is 0 Å². The number of hydrogen-bond acceptors (Lipinski definition) is 6. The molecule has 0 bridgehead atoms. The van der Waals surface area contributed by atoms with E-state index in [1.165, 1.54) is 12.1 Å². The van der Waals surface area contributed by atoms with E-state index in [1.807, 2.05) is 0 Å². The summed E-state index contributed by atoms with van der Waals surface area (Å²) in [6.07, 6.45) is 2.27. The molecule has 1 aromatic rings. The number of aryl methyl sites for hydroxylation is 1. The molecule has 1 N–H and O–H groups in total. The highest BCUT2D eigenvalue weighted by molar-refractivity contribution is 7.92. The smallest absolute Gasteiger partial charge is 0.241 e. The summed E-state index contributed by atoms with van der Waals surface area (Å²) in [6.45, 7) is 1.60. The molecule has 7 nitrogen and oxygen atoms in total. The minimum absolute atomic E-state index is 0.0118. The number of sulfone groups is 1. The van der Waals surface area contributed by atoms with Crippen molar-refractivity contribution < 1.29 is 26.7 Å². The molecule has 1 aromatic carbocycles. The summed E-state index contributed by atoms with van der Waals surface area (Å²) in [5, 5.41) is 10.4. The molecular weight excluding hydrogens is 342 g/mol. The lowest BCUT2D eigenvalue weighted by Crippen LogP contribution is -2.35. The Bertz CT molecular complexity index is 855. The van der Waals surface area contributed by atoms with Gasteiger partial charge in [-0.3, -0.25) is 0 Å². The van der Waals surface area contributed by atoms with E-state index in [-0.39, 0.29) is 22.8 Å². The minimum Gasteiger partial charge on any atom is -0.545 e. The van der Waals surface area contributed by atoms with E-state index < -0.39 is 31.9 Å². The molecule has 0 amide bonds. The number of carboxylic acids is 1. The number of carbonyl (C=O) groups is 1. The molecule has 23 heavy (non-hydrogen) atoms. The molecule has 1 heterocycles. The Morgan fingerprint density at radius 2 is 2.09 bits per heavy atom. The zero-order valence-electron chi connectivity index (χ0n) is 12.4. The van der Waals surface area contributed by atoms with Crippen LogP contribution in [0.2, 0.25) is 0 Å². The lowest BCUT2D eigenvalue weighted by atomic mass is 10.1. The molecule has 2 rings (SSSR count). The maximum atomic E-state index is 12.5. The summed E-state index contributed by atoms with van der Waals surface area (Å²) in [5.74, 6) is -1.63. The molecule has 0 unspecified atom stereocenters. The largest absolute Gasteiger partial charge is 0.545 e. The quantitative estimate of drug-likeness (QED) is 0.690. The van der Waals surface area contributed by atoms with E-state index in [0.29, 0.717) is 11.1 Å². The monoisotopic (exact) mass is 358 g/mol. The summed E-state index contributed by atoms with van der Waals surface area (Å²) < 4.78 is 50.2. The van der Waals surface area contributed by atoms with Gasteiger partial charge in [0.15, 0.2) is 9.84 Å². The van der Waals surface area contributed by atoms with Crippen LogP contribution in [0, 0.1) is 6.92 Å². The van der Waals surface area contributed by atoms with Gasteiger partial charge >= 0.3 is 0 Å². The Morgan fingerprint density at radius 3 is 2.65 bits per heavy atom. The Labute approximate surface area is 135 Å². The summed E-state index contributed by atoms with van der Waals surface area (Å²) in [6, 6.07) is 3.82. The van der Waals surface area contributed by atoms with Gasteiger partial charge in [0.25, 0.3) is 0 Å². The number of aliphatic carboxylic acids is 1. The lowest BCUT2D eigenvalue weighted by molar-refractivity contribution is -0.297. The van der Waals surface area contributed by atoms with Crippen LogP contribution in [0.25, 0.3) is 6.08 Å². The number of carboxylic acid groups (broad SMARTS) is 1. The van der Waals surface area contributed by atoms with E-state index in [2.05, 4.69) is 4.72 Å². The second-order valence-corrected chi connectivity index (χ2v) is 9.31. The van der Waals surface area contributed by atoms with Crippen molar-refractivity contribution in [3.05, 3.63) is 35.4 Å². The molecule has 1 saturated heterocycles. The van der Waals surface area contributed by atoms with Gasteiger partial charge in [-0.25, -0.2) is 21.6 Å². The van der Waals surface area contributed by atoms with Gasteiger partial charge in [-0.15, -0.1) is 0 Å². The normalized spacial score (nSPS) is 20.8. The highest BCUT2D eigenvalue weighted by Gasteiger charge is 2.31. The Balaban J connectivity index is 2.28. The third-order valence-corrected chi connectivity index (χ3v) is 6.90. The van der Waals surface area contributed by atoms with E-state index in [1.54, 1.807) is 19.1 Å². The molecule has 0 saturated carbocycles. The first-order valence-electron chi connectivity index (χ1n) is 6.81. The van der Waals surface area contributed by atoms with Crippen LogP contribution in [-0.2, 0) is 24.7 Å². The van der Waals surface area contributed by atoms with E-state index in [0.717, 1.165) is 6.08 Å². The molecule has 1 fully saturated rings. The Kier molecular flexibility index (Phi) is 4.92. The van der Waals surface area contributed by atoms with Gasteiger partial charge < -0.3 is 9.90 Å². The van der Waals surface area contributed by atoms with Crippen LogP contribution >= 0.6 is 0 Å². The fraction of sp³-hybridized carbons (Fsp3) is 0.357. The average molecular weight is 358 g/mol. The summed E-state index contributed by atoms with van der Waals surface area (Å²) in [4.78, 5) is 10.4. The standard InChI is InChI=1S/C14H17NO6S2/c1-10-2-3-11(4-5-14(16)17)8-13(10)23(20,21)15-12-6-7-22(18,19)9-12/h2-5,8,12,15H,6-7,9H2,1H3,(H,16,17)/p-1/b5-4+/t12-/m1/s1. The number of sulfonamides is 1. The average Bonchev–Trinajstić information content (AvgIpc) is 2.75. The highest BCUT2D eigenvalue weighted by atomic mass is 32.2. The molecule has 0 spiro atoms. The second kappa shape index (κ2) is 6.42. The van der Waals surface area contributed by atoms with E-state index in [9.17, 15) is 26.7 Å². The van der Waals surface area contributed by atoms with Crippen LogP contribution in [-0.4, -0.2) is 40.4 Å². The summed E-state index contributed by atoms with van der Waals surface area (Å²) in [5.41, 5.74) is 0.864. The Hall–Kier alpha value is -1.71. The number of nitrogens with one attached hydrogen (secondary N) is 1. The van der Waals surface area contributed by atoms with Crippen molar-refractivity contribution >= 4 is 31.9 Å². The first-order chi connectivity index (χ1) is 10.6. The number of rotatable bonds is 5. The Morgan fingerprint density at radius 1 is 1.39 bits per heavy atom. The summed E-state index contributed by atoms with van der Waals surface area (Å²) >= 11 is 0. The van der Waals surface area contributed by atoms with Gasteiger partial charge in [0.1, 0.15) is 0 Å². The van der Waals surface area contributed by atoms with Crippen LogP contribution in [0.3, 0.4) is 0 Å². The fourth-order valence-corrected chi connectivity index (χ4v) is 5.67. The van der Waals surface area contributed by atoms with E-state index in [4.69, 9.17) is 0 Å². The number of benzene rings is 1. The topological polar surface area (TPSA) is 120 Å². The fourth-order valence-electron chi connectivity index (χ4n) is 2.34. The van der Waals surface area contributed by atoms with Crippen LogP contribution in [0.4, 0.5) is 0 Å². The van der Waals surface area contributed by atoms with Crippen LogP contribution < -0.4 is 9.83 Å². The molecule has 1 aliphatic heterocycles. The van der Waals surface area contributed by atoms with Gasteiger partial charge in [-0.05, 0) is 36.6 Å². The van der Waals surface area contributed by atoms with Crippen molar-refractivity contribution in [3.8, 4) is 0 Å². The summed E-state index contributed by atoms with van der Waals surface area (Å²) in [7, 11) is -7.09. The SMILES string of the molecule is Cc1ccc(/C=C/C(=O)[O-])cc1S(=O)(=O)N[C@@H]1CCS(=O)(=O)C1. The third kappa shape index (κ3) is 4.63. The molecule has 0 aromatic heterocycles. The molecule has 0 radical (unpaired) electrons. The zero-order valence-corrected chi connectivity index (χ0v) is 14.0. The molecular formula is C14H16NO6S2-. The zero-order chi connectivity index (χ0) is 17.3. The molecule has 1 atom stereocenters. The predicted octanol–water partition coefficient (Wildman–Crippen LogP) is -0.776. The van der Waals surface area contributed by atoms with Crippen LogP contribution in [0.15, 0.2) is 29.2 Å².